The Morgan fingerprint density at radius 2 is 1.97 bits per heavy atom. The van der Waals surface area contributed by atoms with Crippen molar-refractivity contribution in [2.45, 2.75) is 122 Å². The van der Waals surface area contributed by atoms with Crippen LogP contribution in [-0.4, -0.2) is 27.3 Å². The number of ether oxygens (including phenoxy) is 2. The van der Waals surface area contributed by atoms with Gasteiger partial charge in [0.15, 0.2) is 6.29 Å². The molecule has 7 atom stereocenters. The molecule has 0 radical (unpaired) electrons. The average molecular weight is 511 g/mol. The summed E-state index contributed by atoms with van der Waals surface area (Å²) in [6.07, 6.45) is 13.2. The van der Waals surface area contributed by atoms with E-state index in [0.29, 0.717) is 17.9 Å². The molecular formula is C32H50O3Si. The summed E-state index contributed by atoms with van der Waals surface area (Å²) in [5.41, 5.74) is 3.40. The number of allylic oxidation sites excluding steroid dienone is 1. The van der Waals surface area contributed by atoms with Gasteiger partial charge < -0.3 is 13.9 Å². The van der Waals surface area contributed by atoms with E-state index in [-0.39, 0.29) is 16.7 Å². The van der Waals surface area contributed by atoms with Gasteiger partial charge in [-0.2, -0.15) is 0 Å². The van der Waals surface area contributed by atoms with Crippen LogP contribution in [0.4, 0.5) is 0 Å². The molecule has 1 aromatic rings. The van der Waals surface area contributed by atoms with Crippen LogP contribution in [0.5, 0.6) is 5.75 Å². The van der Waals surface area contributed by atoms with E-state index in [1.807, 2.05) is 0 Å². The highest BCUT2D eigenvalue weighted by atomic mass is 28.4. The number of rotatable bonds is 6. The van der Waals surface area contributed by atoms with Gasteiger partial charge in [-0.05, 0) is 128 Å². The van der Waals surface area contributed by atoms with Gasteiger partial charge in [-0.15, -0.1) is 6.58 Å². The number of benzene rings is 1. The van der Waals surface area contributed by atoms with Crippen molar-refractivity contribution >= 4 is 8.32 Å². The summed E-state index contributed by atoms with van der Waals surface area (Å²) in [6.45, 7) is 19.2. The fourth-order valence-corrected chi connectivity index (χ4v) is 8.91. The summed E-state index contributed by atoms with van der Waals surface area (Å²) in [5, 5.41) is 0.216. The summed E-state index contributed by atoms with van der Waals surface area (Å²) in [5.74, 6) is 3.83. The van der Waals surface area contributed by atoms with Gasteiger partial charge in [-0.25, -0.2) is 0 Å². The van der Waals surface area contributed by atoms with Crippen molar-refractivity contribution in [2.24, 2.45) is 23.2 Å². The largest absolute Gasteiger partial charge is 0.543 e. The molecule has 0 spiro atoms. The summed E-state index contributed by atoms with van der Waals surface area (Å²) in [4.78, 5) is 0. The third kappa shape index (κ3) is 4.76. The Kier molecular flexibility index (Phi) is 7.28. The summed E-state index contributed by atoms with van der Waals surface area (Å²) in [7, 11) is -1.83. The molecule has 5 rings (SSSR count). The SMILES string of the molecule is C=CC[C@H]1C[C@H]2[C@@H]3CCc4cc(O[Si](C)(C)C(C)(C)C)ccc4[C@H]3CC[C@]2(C)[C@H]1OC1CCCCO1. The predicted molar refractivity (Wildman–Crippen MR) is 151 cm³/mol. The van der Waals surface area contributed by atoms with Gasteiger partial charge >= 0.3 is 0 Å². The third-order valence-electron chi connectivity index (χ3n) is 10.9. The maximum Gasteiger partial charge on any atom is 0.250 e. The zero-order chi connectivity index (χ0) is 25.7. The molecule has 4 heteroatoms. The van der Waals surface area contributed by atoms with Crippen LogP contribution in [0, 0.1) is 23.2 Å². The summed E-state index contributed by atoms with van der Waals surface area (Å²) < 4.78 is 19.6. The molecule has 4 aliphatic rings. The zero-order valence-electron chi connectivity index (χ0n) is 23.8. The van der Waals surface area contributed by atoms with Crippen molar-refractivity contribution in [3.05, 3.63) is 42.0 Å². The maximum absolute atomic E-state index is 6.85. The van der Waals surface area contributed by atoms with Crippen molar-refractivity contribution in [3.8, 4) is 5.75 Å². The van der Waals surface area contributed by atoms with E-state index in [1.54, 1.807) is 11.1 Å². The zero-order valence-corrected chi connectivity index (χ0v) is 24.8. The van der Waals surface area contributed by atoms with E-state index in [0.717, 1.165) is 37.0 Å². The summed E-state index contributed by atoms with van der Waals surface area (Å²) >= 11 is 0. The van der Waals surface area contributed by atoms with Crippen LogP contribution >= 0.6 is 0 Å². The molecule has 0 bridgehead atoms. The lowest BCUT2D eigenvalue weighted by Crippen LogP contribution is -2.47. The molecule has 1 aliphatic heterocycles. The molecule has 3 fully saturated rings. The molecule has 2 saturated carbocycles. The molecule has 3 aliphatic carbocycles. The maximum atomic E-state index is 6.85. The monoisotopic (exact) mass is 510 g/mol. The predicted octanol–water partition coefficient (Wildman–Crippen LogP) is 8.64. The highest BCUT2D eigenvalue weighted by molar-refractivity contribution is 6.74. The van der Waals surface area contributed by atoms with Crippen LogP contribution in [0.1, 0.15) is 96.1 Å². The highest BCUT2D eigenvalue weighted by Gasteiger charge is 2.59. The number of hydrogen-bond acceptors (Lipinski definition) is 3. The lowest BCUT2D eigenvalue weighted by molar-refractivity contribution is -0.220. The first-order valence-electron chi connectivity index (χ1n) is 14.7. The van der Waals surface area contributed by atoms with E-state index in [4.69, 9.17) is 13.9 Å². The second-order valence-corrected chi connectivity index (χ2v) is 18.8. The molecule has 1 heterocycles. The Labute approximate surface area is 221 Å². The van der Waals surface area contributed by atoms with E-state index < -0.39 is 8.32 Å². The highest BCUT2D eigenvalue weighted by Crippen LogP contribution is 2.63. The molecule has 1 unspecified atom stereocenters. The minimum atomic E-state index is -1.83. The molecule has 0 amide bonds. The van der Waals surface area contributed by atoms with E-state index in [9.17, 15) is 0 Å². The Morgan fingerprint density at radius 3 is 2.67 bits per heavy atom. The van der Waals surface area contributed by atoms with Crippen molar-refractivity contribution in [1.29, 1.82) is 0 Å². The second-order valence-electron chi connectivity index (χ2n) is 14.1. The van der Waals surface area contributed by atoms with Gasteiger partial charge in [0.1, 0.15) is 5.75 Å². The lowest BCUT2D eigenvalue weighted by atomic mass is 9.55. The fraction of sp³-hybridized carbons (Fsp3) is 0.750. The Balaban J connectivity index is 1.36. The van der Waals surface area contributed by atoms with E-state index in [2.05, 4.69) is 71.6 Å². The fourth-order valence-electron chi connectivity index (χ4n) is 7.89. The third-order valence-corrected chi connectivity index (χ3v) is 15.2. The molecule has 1 aromatic carbocycles. The molecule has 0 aromatic heterocycles. The van der Waals surface area contributed by atoms with Crippen molar-refractivity contribution in [3.63, 3.8) is 0 Å². The van der Waals surface area contributed by atoms with Crippen LogP contribution in [-0.2, 0) is 15.9 Å². The quantitative estimate of drug-likeness (QED) is 0.283. The molecule has 36 heavy (non-hydrogen) atoms. The van der Waals surface area contributed by atoms with Crippen molar-refractivity contribution in [2.75, 3.05) is 6.61 Å². The Hall–Kier alpha value is -1.10. The molecule has 3 nitrogen and oxygen atoms in total. The van der Waals surface area contributed by atoms with Crippen LogP contribution < -0.4 is 4.43 Å². The smallest absolute Gasteiger partial charge is 0.250 e. The molecule has 0 N–H and O–H groups in total. The minimum Gasteiger partial charge on any atom is -0.543 e. The van der Waals surface area contributed by atoms with Crippen LogP contribution in [0.15, 0.2) is 30.9 Å². The Bertz CT molecular complexity index is 943. The second kappa shape index (κ2) is 9.89. The Morgan fingerprint density at radius 1 is 1.17 bits per heavy atom. The van der Waals surface area contributed by atoms with Gasteiger partial charge in [0.05, 0.1) is 6.10 Å². The van der Waals surface area contributed by atoms with Gasteiger partial charge in [0.25, 0.3) is 0 Å². The first-order valence-corrected chi connectivity index (χ1v) is 17.6. The minimum absolute atomic E-state index is 0.00392. The van der Waals surface area contributed by atoms with Gasteiger partial charge in [-0.3, -0.25) is 0 Å². The summed E-state index contributed by atoms with van der Waals surface area (Å²) in [6, 6.07) is 7.09. The van der Waals surface area contributed by atoms with E-state index in [1.165, 1.54) is 44.9 Å². The molecule has 1 saturated heterocycles. The first-order chi connectivity index (χ1) is 17.0. The topological polar surface area (TPSA) is 27.7 Å². The van der Waals surface area contributed by atoms with Gasteiger partial charge in [-0.1, -0.05) is 39.8 Å². The van der Waals surface area contributed by atoms with Crippen LogP contribution in [0.25, 0.3) is 0 Å². The van der Waals surface area contributed by atoms with Crippen LogP contribution in [0.2, 0.25) is 18.1 Å². The number of fused-ring (bicyclic) bond motifs is 5. The molecule has 200 valence electrons. The van der Waals surface area contributed by atoms with Crippen molar-refractivity contribution < 1.29 is 13.9 Å². The standard InChI is InChI=1S/C32H50O3Si/c1-8-11-23-21-28-27-15-13-22-20-24(35-36(6,7)31(2,3)4)14-16-25(22)26(27)17-18-32(28,5)30(23)34-29-12-9-10-19-33-29/h8,14,16,20,23,26-30H,1,9-13,15,17-19,21H2,2-7H3/t23-,26+,27+,28-,29?,30-,32-/m0/s1. The number of hydrogen-bond donors (Lipinski definition) is 0. The number of aryl methyl sites for hydroxylation is 1. The van der Waals surface area contributed by atoms with Crippen molar-refractivity contribution in [1.82, 2.24) is 0 Å². The normalized spacial score (nSPS) is 36.5. The van der Waals surface area contributed by atoms with Crippen LogP contribution in [0.3, 0.4) is 0 Å². The first kappa shape index (κ1) is 26.5. The van der Waals surface area contributed by atoms with Gasteiger partial charge in [0.2, 0.25) is 8.32 Å². The van der Waals surface area contributed by atoms with Gasteiger partial charge in [0, 0.05) is 6.61 Å². The van der Waals surface area contributed by atoms with E-state index >= 15 is 0 Å². The average Bonchev–Trinajstić information content (AvgIpc) is 3.10. The lowest BCUT2D eigenvalue weighted by Gasteiger charge is -2.51. The molecular weight excluding hydrogens is 460 g/mol.